The van der Waals surface area contributed by atoms with Gasteiger partial charge in [-0.2, -0.15) is 0 Å². The number of nitrogens with zero attached hydrogens (tertiary/aromatic N) is 6. The zero-order chi connectivity index (χ0) is 87.7. The topological polar surface area (TPSA) is 569 Å². The smallest absolute Gasteiger partial charge is 0.326 e. The minimum Gasteiger partial charge on any atom is -0.508 e. The van der Waals surface area contributed by atoms with Crippen molar-refractivity contribution >= 4 is 94.7 Å². The third kappa shape index (κ3) is 25.5. The Labute approximate surface area is 701 Å². The molecule has 2 aromatic carbocycles. The van der Waals surface area contributed by atoms with E-state index in [-0.39, 0.29) is 121 Å². The van der Waals surface area contributed by atoms with E-state index in [0.717, 1.165) is 6.42 Å². The van der Waals surface area contributed by atoms with Crippen molar-refractivity contribution in [2.45, 2.75) is 248 Å². The molecule has 5 aliphatic rings. The zero-order valence-electron chi connectivity index (χ0n) is 69.2. The van der Waals surface area contributed by atoms with Crippen LogP contribution < -0.4 is 64.2 Å². The lowest BCUT2D eigenvalue weighted by Gasteiger charge is -2.34. The second kappa shape index (κ2) is 44.3. The number of nitrogens with one attached hydrogen (secondary N) is 14. The van der Waals surface area contributed by atoms with Gasteiger partial charge in [-0.05, 0) is 125 Å². The lowest BCUT2D eigenvalue weighted by atomic mass is 9.96. The summed E-state index contributed by atoms with van der Waals surface area (Å²) in [5.41, 5.74) is 7.34. The molecule has 9 rings (SSSR count). The van der Waals surface area contributed by atoms with E-state index in [1.165, 1.54) is 68.9 Å². The monoisotopic (exact) mass is 1680 g/mol. The second-order valence-electron chi connectivity index (χ2n) is 32.3. The van der Waals surface area contributed by atoms with E-state index in [0.29, 0.717) is 61.2 Å². The number of carboxylic acid groups (broad SMARTS) is 2. The number of nitrogens with two attached hydrogens (primary N) is 1. The van der Waals surface area contributed by atoms with Gasteiger partial charge in [0, 0.05) is 82.2 Å². The zero-order valence-corrected chi connectivity index (χ0v) is 69.2. The number of H-pyrrole nitrogens is 2. The van der Waals surface area contributed by atoms with Gasteiger partial charge in [-0.15, -0.1) is 0 Å². The molecule has 7 heterocycles. The average Bonchev–Trinajstić information content (AvgIpc) is 1.72. The van der Waals surface area contributed by atoms with Gasteiger partial charge in [-0.3, -0.25) is 72.5 Å². The maximum Gasteiger partial charge on any atom is 0.326 e. The quantitative estimate of drug-likeness (QED) is 0.0140. The van der Waals surface area contributed by atoms with Gasteiger partial charge < -0.3 is 109 Å². The summed E-state index contributed by atoms with van der Waals surface area (Å²) in [7, 11) is 0. The number of carbonyl (C=O) groups excluding carboxylic acids is 13. The summed E-state index contributed by atoms with van der Waals surface area (Å²) in [4.78, 5) is 235. The average molecular weight is 1680 g/mol. The van der Waals surface area contributed by atoms with E-state index in [1.54, 1.807) is 65.0 Å². The van der Waals surface area contributed by atoms with Crippen LogP contribution in [0.4, 0.5) is 0 Å². The Morgan fingerprint density at radius 1 is 0.488 bits per heavy atom. The number of hydrogen-bond donors (Lipinski definition) is 18. The van der Waals surface area contributed by atoms with Crippen molar-refractivity contribution in [2.75, 3.05) is 39.3 Å². The molecule has 0 saturated carbocycles. The molecule has 39 heteroatoms. The number of aromatic hydroxyl groups is 1. The summed E-state index contributed by atoms with van der Waals surface area (Å²) < 4.78 is 0. The van der Waals surface area contributed by atoms with Crippen LogP contribution in [0, 0.1) is 23.2 Å². The fourth-order valence-corrected chi connectivity index (χ4v) is 16.1. The molecular weight excluding hydrogens is 1570 g/mol. The number of aromatic nitrogens is 4. The Morgan fingerprint density at radius 2 is 0.942 bits per heavy atom. The van der Waals surface area contributed by atoms with Crippen molar-refractivity contribution in [3.05, 3.63) is 102 Å². The standard InChI is InChI=1S/C82H117N21O18/c1-7-46(5)66(98-71(110)56(37-49-26-28-52(104)29-27-49)95-75(114)65(45(3)4)97-68(107)53(20-12-31-88-82(83)84)91-70(109)58(40-64(105)106)94-74(113)60-22-14-32-100(60)77(116)54-21-13-30-87-54)76(115)96-59(39-51-42-86-44-90-51)78(117)101-33-15-23-61(101)73(112)93-55(36-48-18-10-9-11-19-48)69(108)92-57(38-50-41-85-43-89-50)72(111)99-67(47(6)8-2)80(119)102-34-16-24-62(102)79(118)103-35-17-25-63(103)81(120)121/h9-11,18-19,26-29,41-47,53-63,65-67,87,104H,7-8,12-17,20-25,30-40H2,1-6H3,(H,85,89)(H,86,90)(H,91,109)(H,92,108)(H,93,112)(H,94,113)(H,95,114)(H,96,115)(H,97,107)(H,98,110)(H,99,111)(H,105,106)(H,120,121)(H4,83,84,88)/t46-,47-,53-,54-,55-,56-,57-,58-,59-,60-,61-,62-,63-,65-,66-,67-/m0/s1. The SMILES string of the molecule is CC[C@H](C)[C@H](NC(=O)[C@H](Cc1ccc(O)cc1)NC(=O)[C@@H](NC(=O)[C@H](CCCNC(=N)N)NC(=O)[C@H](CC(=O)O)NC(=O)[C@@H]1CCCN1C(=O)[C@@H]1CCCN1)C(C)C)C(=O)N[C@@H](Cc1cnc[nH]1)C(=O)N1CCC[C@H]1C(=O)N[C@@H](Cc1ccccc1)C(=O)N[C@@H](Cc1cnc[nH]1)C(=O)N[C@H](C(=O)N1CCC[C@H]1C(=O)N1CCC[C@H]1C(=O)O)[C@@H](C)CC. The Bertz CT molecular complexity index is 4280. The third-order valence-corrected chi connectivity index (χ3v) is 23.3. The number of amides is 13. The first-order valence-electron chi connectivity index (χ1n) is 41.8. The minimum atomic E-state index is -1.75. The van der Waals surface area contributed by atoms with Crippen LogP contribution in [0.2, 0.25) is 0 Å². The molecule has 0 bridgehead atoms. The molecule has 0 unspecified atom stereocenters. The van der Waals surface area contributed by atoms with Gasteiger partial charge in [0.05, 0.1) is 25.1 Å². The van der Waals surface area contributed by atoms with Gasteiger partial charge in [0.1, 0.15) is 84.3 Å². The van der Waals surface area contributed by atoms with Gasteiger partial charge in [0.15, 0.2) is 5.96 Å². The molecule has 19 N–H and O–H groups in total. The van der Waals surface area contributed by atoms with Crippen LogP contribution in [0.5, 0.6) is 5.75 Å². The summed E-state index contributed by atoms with van der Waals surface area (Å²) in [5.74, 6) is -15.0. The lowest BCUT2D eigenvalue weighted by molar-refractivity contribution is -0.152. The third-order valence-electron chi connectivity index (χ3n) is 23.3. The summed E-state index contributed by atoms with van der Waals surface area (Å²) >= 11 is 0. The highest BCUT2D eigenvalue weighted by Crippen LogP contribution is 2.29. The predicted molar refractivity (Wildman–Crippen MR) is 437 cm³/mol. The first-order valence-corrected chi connectivity index (χ1v) is 41.8. The Kier molecular flexibility index (Phi) is 34.0. The number of phenolic OH excluding ortho intramolecular Hbond substituents is 1. The molecule has 0 radical (unpaired) electrons. The summed E-state index contributed by atoms with van der Waals surface area (Å²) in [6, 6.07) is -3.64. The van der Waals surface area contributed by atoms with Crippen LogP contribution in [0.1, 0.15) is 160 Å². The summed E-state index contributed by atoms with van der Waals surface area (Å²) in [6.07, 6.45) is 8.36. The molecule has 39 nitrogen and oxygen atoms in total. The molecule has 5 aliphatic heterocycles. The van der Waals surface area contributed by atoms with E-state index in [2.05, 4.69) is 78.4 Å². The fourth-order valence-electron chi connectivity index (χ4n) is 16.1. The maximum absolute atomic E-state index is 15.4. The molecule has 5 fully saturated rings. The number of guanidine groups is 1. The molecule has 13 amide bonds. The molecule has 2 aromatic heterocycles. The molecule has 4 aromatic rings. The largest absolute Gasteiger partial charge is 0.508 e. The highest BCUT2D eigenvalue weighted by molar-refractivity contribution is 6.01. The number of carboxylic acids is 2. The molecule has 16 atom stereocenters. The first kappa shape index (κ1) is 92.8. The predicted octanol–water partition coefficient (Wildman–Crippen LogP) is -1.24. The number of aliphatic carboxylic acids is 2. The van der Waals surface area contributed by atoms with E-state index < -0.39 is 198 Å². The molecule has 658 valence electrons. The van der Waals surface area contributed by atoms with Gasteiger partial charge in [-0.1, -0.05) is 96.8 Å². The van der Waals surface area contributed by atoms with Gasteiger partial charge in [-0.25, -0.2) is 14.8 Å². The van der Waals surface area contributed by atoms with Crippen molar-refractivity contribution in [3.8, 4) is 5.75 Å². The van der Waals surface area contributed by atoms with Gasteiger partial charge >= 0.3 is 11.9 Å². The normalized spacial score (nSPS) is 20.3. The number of aromatic amines is 2. The fraction of sp³-hybridized carbons (Fsp3) is 0.585. The van der Waals surface area contributed by atoms with E-state index in [1.807, 2.05) is 6.92 Å². The van der Waals surface area contributed by atoms with Crippen molar-refractivity contribution in [3.63, 3.8) is 0 Å². The minimum absolute atomic E-state index is 0.00353. The summed E-state index contributed by atoms with van der Waals surface area (Å²) in [6.45, 7) is 11.5. The van der Waals surface area contributed by atoms with Crippen LogP contribution in [-0.2, 0) is 97.6 Å². The molecule has 0 spiro atoms. The number of carbonyl (C=O) groups is 15. The highest BCUT2D eigenvalue weighted by Gasteiger charge is 2.47. The van der Waals surface area contributed by atoms with Crippen molar-refractivity contribution in [1.82, 2.24) is 98.0 Å². The Morgan fingerprint density at radius 3 is 1.50 bits per heavy atom. The Hall–Kier alpha value is -12.1. The maximum atomic E-state index is 15.4. The molecular formula is C82H117N21O18. The lowest BCUT2D eigenvalue weighted by Crippen LogP contribution is -2.62. The van der Waals surface area contributed by atoms with Gasteiger partial charge in [0.2, 0.25) is 76.8 Å². The molecule has 0 aliphatic carbocycles. The number of rotatable bonds is 42. The number of benzene rings is 2. The highest BCUT2D eigenvalue weighted by atomic mass is 16.4. The molecule has 5 saturated heterocycles. The first-order chi connectivity index (χ1) is 57.8. The Balaban J connectivity index is 0.913. The van der Waals surface area contributed by atoms with Crippen LogP contribution in [0.3, 0.4) is 0 Å². The van der Waals surface area contributed by atoms with Crippen LogP contribution >= 0.6 is 0 Å². The van der Waals surface area contributed by atoms with E-state index in [4.69, 9.17) is 11.1 Å². The number of imidazole rings is 2. The van der Waals surface area contributed by atoms with Crippen molar-refractivity contribution in [2.24, 2.45) is 23.5 Å². The van der Waals surface area contributed by atoms with Crippen LogP contribution in [0.15, 0.2) is 79.6 Å². The number of hydrogen-bond acceptors (Lipinski definition) is 20. The number of phenols is 1. The summed E-state index contributed by atoms with van der Waals surface area (Å²) in [5, 5.41) is 68.3. The molecule has 121 heavy (non-hydrogen) atoms. The van der Waals surface area contributed by atoms with E-state index >= 15 is 24.0 Å². The van der Waals surface area contributed by atoms with Crippen molar-refractivity contribution < 1.29 is 87.2 Å². The second-order valence-corrected chi connectivity index (χ2v) is 32.3. The van der Waals surface area contributed by atoms with Gasteiger partial charge in [0.25, 0.3) is 0 Å². The number of likely N-dealkylation sites (tertiary alicyclic amines) is 4. The van der Waals surface area contributed by atoms with E-state index in [9.17, 15) is 63.3 Å². The van der Waals surface area contributed by atoms with Crippen LogP contribution in [-0.4, -0.2) is 273 Å². The van der Waals surface area contributed by atoms with Crippen molar-refractivity contribution in [1.29, 1.82) is 5.41 Å². The van der Waals surface area contributed by atoms with Crippen LogP contribution in [0.25, 0.3) is 0 Å².